The molecule has 0 bridgehead atoms. The average molecular weight is 1040 g/mol. The van der Waals surface area contributed by atoms with Crippen molar-refractivity contribution in [1.29, 1.82) is 0 Å². The fourth-order valence-corrected chi connectivity index (χ4v) is 9.88. The maximum atomic E-state index is 12.9. The fourth-order valence-electron chi connectivity index (χ4n) is 9.88. The van der Waals surface area contributed by atoms with E-state index >= 15 is 0 Å². The van der Waals surface area contributed by atoms with Crippen molar-refractivity contribution in [2.75, 3.05) is 13.2 Å². The molecule has 0 radical (unpaired) electrons. The summed E-state index contributed by atoms with van der Waals surface area (Å²) in [5.74, 6) is -0.854. The molecule has 74 heavy (non-hydrogen) atoms. The van der Waals surface area contributed by atoms with Gasteiger partial charge in [0.2, 0.25) is 0 Å². The molecule has 6 nitrogen and oxygen atoms in total. The lowest BCUT2D eigenvalue weighted by Gasteiger charge is -2.18. The third kappa shape index (κ3) is 60.5. The second-order valence-electron chi connectivity index (χ2n) is 22.4. The van der Waals surface area contributed by atoms with E-state index in [0.717, 1.165) is 70.6 Å². The van der Waals surface area contributed by atoms with Crippen LogP contribution in [0.3, 0.4) is 0 Å². The van der Waals surface area contributed by atoms with Crippen LogP contribution in [-0.4, -0.2) is 37.2 Å². The van der Waals surface area contributed by atoms with Gasteiger partial charge in [-0.25, -0.2) is 0 Å². The average Bonchev–Trinajstić information content (AvgIpc) is 3.40. The number of unbranched alkanes of at least 4 members (excludes halogenated alkanes) is 44. The van der Waals surface area contributed by atoms with E-state index in [1.165, 1.54) is 250 Å². The maximum absolute atomic E-state index is 12.9. The topological polar surface area (TPSA) is 78.9 Å². The van der Waals surface area contributed by atoms with E-state index in [4.69, 9.17) is 14.2 Å². The van der Waals surface area contributed by atoms with Crippen molar-refractivity contribution in [3.05, 3.63) is 36.5 Å². The van der Waals surface area contributed by atoms with Gasteiger partial charge in [-0.15, -0.1) is 0 Å². The molecule has 0 aliphatic heterocycles. The maximum Gasteiger partial charge on any atom is 0.306 e. The minimum Gasteiger partial charge on any atom is -0.462 e. The molecule has 1 atom stereocenters. The Kier molecular flexibility index (Phi) is 61.1. The van der Waals surface area contributed by atoms with Gasteiger partial charge in [-0.1, -0.05) is 301 Å². The molecule has 6 heteroatoms. The van der Waals surface area contributed by atoms with Crippen molar-refractivity contribution in [2.45, 2.75) is 367 Å². The van der Waals surface area contributed by atoms with Crippen LogP contribution in [0.2, 0.25) is 0 Å². The summed E-state index contributed by atoms with van der Waals surface area (Å²) < 4.78 is 17.0. The Bertz CT molecular complexity index is 1240. The smallest absolute Gasteiger partial charge is 0.306 e. The molecular weight excluding hydrogens is 913 g/mol. The SMILES string of the molecule is CCCCC/C=C\C/C=C\CCCCCCCCCC(=O)OC(COC(=O)CCCCCCCCCCCCC/C=C\CCCCCCCCCC)COC(=O)CCCCCCCCCCCCCCCCCC. The first-order valence-electron chi connectivity index (χ1n) is 33.0. The summed E-state index contributed by atoms with van der Waals surface area (Å²) >= 11 is 0. The Hall–Kier alpha value is -2.37. The fraction of sp³-hybridized carbons (Fsp3) is 0.868. The van der Waals surface area contributed by atoms with E-state index in [2.05, 4.69) is 57.2 Å². The van der Waals surface area contributed by atoms with Crippen LogP contribution >= 0.6 is 0 Å². The number of ether oxygens (including phenoxy) is 3. The molecule has 0 aromatic heterocycles. The Morgan fingerprint density at radius 2 is 0.486 bits per heavy atom. The molecule has 0 spiro atoms. The molecule has 0 aromatic carbocycles. The van der Waals surface area contributed by atoms with Gasteiger partial charge in [-0.3, -0.25) is 14.4 Å². The van der Waals surface area contributed by atoms with Crippen LogP contribution in [0.15, 0.2) is 36.5 Å². The Balaban J connectivity index is 4.30. The van der Waals surface area contributed by atoms with E-state index < -0.39 is 6.10 Å². The summed E-state index contributed by atoms with van der Waals surface area (Å²) in [5, 5.41) is 0. The molecule has 0 aromatic rings. The number of allylic oxidation sites excluding steroid dienone is 6. The second kappa shape index (κ2) is 63.2. The standard InChI is InChI=1S/C68H126O6/c1-4-7-10-13-16-19-22-25-28-31-32-33-34-35-36-38-40-43-46-49-52-55-58-61-67(70)73-64-65(63-72-66(69)60-57-54-51-48-45-42-39-30-27-24-21-18-15-12-9-6-3)74-68(71)62-59-56-53-50-47-44-41-37-29-26-23-20-17-14-11-8-5-2/h17,20,26,29,31-32,65H,4-16,18-19,21-25,27-28,30,33-64H2,1-3H3/b20-17-,29-26-,32-31-. The normalized spacial score (nSPS) is 12.2. The predicted octanol–water partition coefficient (Wildman–Crippen LogP) is 22.4. The number of hydrogen-bond donors (Lipinski definition) is 0. The highest BCUT2D eigenvalue weighted by Crippen LogP contribution is 2.18. The van der Waals surface area contributed by atoms with Gasteiger partial charge in [0.15, 0.2) is 6.10 Å². The van der Waals surface area contributed by atoms with Gasteiger partial charge >= 0.3 is 17.9 Å². The van der Waals surface area contributed by atoms with Gasteiger partial charge in [0.1, 0.15) is 13.2 Å². The number of carbonyl (C=O) groups is 3. The van der Waals surface area contributed by atoms with Crippen molar-refractivity contribution < 1.29 is 28.6 Å². The van der Waals surface area contributed by atoms with Gasteiger partial charge in [0.25, 0.3) is 0 Å². The highest BCUT2D eigenvalue weighted by molar-refractivity contribution is 5.71. The zero-order valence-corrected chi connectivity index (χ0v) is 49.9. The minimum atomic E-state index is -0.775. The summed E-state index contributed by atoms with van der Waals surface area (Å²) in [7, 11) is 0. The summed E-state index contributed by atoms with van der Waals surface area (Å²) in [4.78, 5) is 38.3. The summed E-state index contributed by atoms with van der Waals surface area (Å²) in [5.41, 5.74) is 0. The van der Waals surface area contributed by atoms with Crippen LogP contribution in [0, 0.1) is 0 Å². The third-order valence-electron chi connectivity index (χ3n) is 14.9. The minimum absolute atomic E-state index is 0.0710. The molecule has 0 heterocycles. The molecule has 1 unspecified atom stereocenters. The highest BCUT2D eigenvalue weighted by atomic mass is 16.6. The number of hydrogen-bond acceptors (Lipinski definition) is 6. The van der Waals surface area contributed by atoms with E-state index in [1.807, 2.05) is 0 Å². The van der Waals surface area contributed by atoms with Gasteiger partial charge in [-0.2, -0.15) is 0 Å². The monoisotopic (exact) mass is 1040 g/mol. The molecule has 434 valence electrons. The Labute approximate surface area is 461 Å². The zero-order chi connectivity index (χ0) is 53.6. The van der Waals surface area contributed by atoms with Crippen LogP contribution in [0.25, 0.3) is 0 Å². The molecule has 0 saturated carbocycles. The molecule has 0 fully saturated rings. The summed E-state index contributed by atoms with van der Waals surface area (Å²) in [6.45, 7) is 6.67. The third-order valence-corrected chi connectivity index (χ3v) is 14.9. The Morgan fingerprint density at radius 1 is 0.270 bits per heavy atom. The van der Waals surface area contributed by atoms with Crippen LogP contribution in [0.5, 0.6) is 0 Å². The summed E-state index contributed by atoms with van der Waals surface area (Å²) in [6.07, 6.45) is 77.2. The number of esters is 3. The number of rotatable bonds is 61. The quantitative estimate of drug-likeness (QED) is 0.0261. The van der Waals surface area contributed by atoms with E-state index in [9.17, 15) is 14.4 Å². The highest BCUT2D eigenvalue weighted by Gasteiger charge is 2.19. The van der Waals surface area contributed by atoms with E-state index in [1.54, 1.807) is 0 Å². The predicted molar refractivity (Wildman–Crippen MR) is 321 cm³/mol. The van der Waals surface area contributed by atoms with Crippen molar-refractivity contribution in [2.24, 2.45) is 0 Å². The first-order valence-corrected chi connectivity index (χ1v) is 33.0. The van der Waals surface area contributed by atoms with E-state index in [0.29, 0.717) is 19.3 Å². The molecule has 0 aliphatic carbocycles. The molecule has 0 N–H and O–H groups in total. The van der Waals surface area contributed by atoms with Crippen molar-refractivity contribution in [3.8, 4) is 0 Å². The van der Waals surface area contributed by atoms with E-state index in [-0.39, 0.29) is 31.1 Å². The van der Waals surface area contributed by atoms with Crippen LogP contribution in [0.1, 0.15) is 361 Å². The van der Waals surface area contributed by atoms with Crippen molar-refractivity contribution in [1.82, 2.24) is 0 Å². The lowest BCUT2D eigenvalue weighted by molar-refractivity contribution is -0.167. The van der Waals surface area contributed by atoms with Crippen molar-refractivity contribution in [3.63, 3.8) is 0 Å². The lowest BCUT2D eigenvalue weighted by Crippen LogP contribution is -2.30. The second-order valence-corrected chi connectivity index (χ2v) is 22.4. The first-order chi connectivity index (χ1) is 36.5. The lowest BCUT2D eigenvalue weighted by atomic mass is 10.0. The molecule has 0 amide bonds. The summed E-state index contributed by atoms with van der Waals surface area (Å²) in [6, 6.07) is 0. The van der Waals surface area contributed by atoms with Gasteiger partial charge in [-0.05, 0) is 77.0 Å². The zero-order valence-electron chi connectivity index (χ0n) is 49.9. The van der Waals surface area contributed by atoms with Crippen LogP contribution in [-0.2, 0) is 28.6 Å². The van der Waals surface area contributed by atoms with Crippen molar-refractivity contribution >= 4 is 17.9 Å². The van der Waals surface area contributed by atoms with Gasteiger partial charge in [0, 0.05) is 19.3 Å². The molecule has 0 saturated heterocycles. The van der Waals surface area contributed by atoms with Gasteiger partial charge in [0.05, 0.1) is 0 Å². The Morgan fingerprint density at radius 3 is 0.784 bits per heavy atom. The molecule has 0 aliphatic rings. The first kappa shape index (κ1) is 71.6. The van der Waals surface area contributed by atoms with Crippen LogP contribution < -0.4 is 0 Å². The van der Waals surface area contributed by atoms with Gasteiger partial charge < -0.3 is 14.2 Å². The number of carbonyl (C=O) groups excluding carboxylic acids is 3. The largest absolute Gasteiger partial charge is 0.462 e. The van der Waals surface area contributed by atoms with Crippen LogP contribution in [0.4, 0.5) is 0 Å². The molecule has 0 rings (SSSR count). The molecular formula is C68H126O6.